The molecular weight excluding hydrogens is 198 g/mol. The lowest BCUT2D eigenvalue weighted by molar-refractivity contribution is -0.140. The molecule has 0 saturated heterocycles. The molecule has 5 heteroatoms. The molecule has 2 N–H and O–H groups in total. The fraction of sp³-hybridized carbons (Fsp3) is 0.800. The minimum absolute atomic E-state index is 0.212. The average molecular weight is 217 g/mol. The predicted molar refractivity (Wildman–Crippen MR) is 55.6 cm³/mol. The van der Waals surface area contributed by atoms with Crippen molar-refractivity contribution in [2.24, 2.45) is 0 Å². The summed E-state index contributed by atoms with van der Waals surface area (Å²) in [5.74, 6) is -1.02. The van der Waals surface area contributed by atoms with Crippen molar-refractivity contribution in [2.45, 2.75) is 45.3 Å². The van der Waals surface area contributed by atoms with Gasteiger partial charge in [0.15, 0.2) is 0 Å². The first kappa shape index (κ1) is 13.9. The van der Waals surface area contributed by atoms with Crippen LogP contribution in [-0.2, 0) is 14.3 Å². The highest BCUT2D eigenvalue weighted by Crippen LogP contribution is 2.08. The van der Waals surface area contributed by atoms with E-state index in [0.29, 0.717) is 25.9 Å². The van der Waals surface area contributed by atoms with Gasteiger partial charge in [0.05, 0.1) is 5.60 Å². The molecule has 0 aliphatic heterocycles. The minimum Gasteiger partial charge on any atom is -0.480 e. The van der Waals surface area contributed by atoms with Gasteiger partial charge in [-0.15, -0.1) is 0 Å². The number of carbonyl (C=O) groups is 2. The molecule has 0 fully saturated rings. The van der Waals surface area contributed by atoms with E-state index >= 15 is 0 Å². The number of nitrogens with one attached hydrogen (secondary N) is 1. The Balaban J connectivity index is 3.72. The Labute approximate surface area is 89.8 Å². The summed E-state index contributed by atoms with van der Waals surface area (Å²) in [6.07, 6.45) is 1.39. The summed E-state index contributed by atoms with van der Waals surface area (Å²) in [5, 5.41) is 10.9. The summed E-state index contributed by atoms with van der Waals surface area (Å²) >= 11 is 0. The third-order valence-corrected chi connectivity index (χ3v) is 1.74. The fourth-order valence-corrected chi connectivity index (χ4v) is 1.03. The molecule has 0 aliphatic carbocycles. The van der Waals surface area contributed by atoms with Crippen LogP contribution in [0, 0.1) is 0 Å². The van der Waals surface area contributed by atoms with E-state index in [4.69, 9.17) is 9.84 Å². The van der Waals surface area contributed by atoms with Crippen LogP contribution in [0.4, 0.5) is 0 Å². The van der Waals surface area contributed by atoms with Crippen molar-refractivity contribution in [2.75, 3.05) is 6.61 Å². The van der Waals surface area contributed by atoms with Crippen LogP contribution in [0.25, 0.3) is 0 Å². The Morgan fingerprint density at radius 2 is 2.13 bits per heavy atom. The van der Waals surface area contributed by atoms with E-state index in [1.807, 2.05) is 20.8 Å². The molecule has 1 atom stereocenters. The molecule has 88 valence electrons. The molecule has 0 aromatic rings. The molecule has 15 heavy (non-hydrogen) atoms. The molecule has 1 unspecified atom stereocenters. The Morgan fingerprint density at radius 3 is 2.53 bits per heavy atom. The first-order valence-electron chi connectivity index (χ1n) is 4.93. The maximum absolute atomic E-state index is 10.6. The van der Waals surface area contributed by atoms with Crippen LogP contribution in [0.1, 0.15) is 33.6 Å². The average Bonchev–Trinajstić information content (AvgIpc) is 2.08. The predicted octanol–water partition coefficient (Wildman–Crippen LogP) is 0.781. The molecule has 0 aliphatic rings. The molecule has 0 aromatic heterocycles. The van der Waals surface area contributed by atoms with Gasteiger partial charge in [0.25, 0.3) is 0 Å². The number of amides is 1. The molecule has 5 nitrogen and oxygen atoms in total. The Bertz CT molecular complexity index is 210. The van der Waals surface area contributed by atoms with E-state index in [0.717, 1.165) is 0 Å². The number of carboxylic acid groups (broad SMARTS) is 1. The summed E-state index contributed by atoms with van der Waals surface area (Å²) in [6, 6.07) is -0.814. The van der Waals surface area contributed by atoms with E-state index in [1.54, 1.807) is 0 Å². The van der Waals surface area contributed by atoms with Crippen molar-refractivity contribution in [3.05, 3.63) is 0 Å². The van der Waals surface area contributed by atoms with Gasteiger partial charge in [0, 0.05) is 6.61 Å². The van der Waals surface area contributed by atoms with Crippen molar-refractivity contribution in [1.29, 1.82) is 0 Å². The lowest BCUT2D eigenvalue weighted by Crippen LogP contribution is -2.36. The van der Waals surface area contributed by atoms with Crippen LogP contribution in [0.2, 0.25) is 0 Å². The smallest absolute Gasteiger partial charge is 0.326 e. The number of ether oxygens (including phenoxy) is 1. The maximum Gasteiger partial charge on any atom is 0.326 e. The number of carboxylic acids is 1. The van der Waals surface area contributed by atoms with E-state index in [2.05, 4.69) is 5.32 Å². The standard InChI is InChI=1S/C10H19NO4/c1-10(2,3)15-6-4-5-8(9(13)14)11-7-12/h7-8H,4-6H2,1-3H3,(H,11,12)(H,13,14). The van der Waals surface area contributed by atoms with Crippen LogP contribution in [0.5, 0.6) is 0 Å². The highest BCUT2D eigenvalue weighted by atomic mass is 16.5. The zero-order valence-corrected chi connectivity index (χ0v) is 9.45. The van der Waals surface area contributed by atoms with E-state index < -0.39 is 12.0 Å². The van der Waals surface area contributed by atoms with E-state index in [1.165, 1.54) is 0 Å². The highest BCUT2D eigenvalue weighted by molar-refractivity contribution is 5.76. The Kier molecular flexibility index (Phi) is 5.93. The zero-order chi connectivity index (χ0) is 11.9. The van der Waals surface area contributed by atoms with Crippen LogP contribution < -0.4 is 5.32 Å². The molecule has 0 saturated carbocycles. The van der Waals surface area contributed by atoms with Gasteiger partial charge in [0.1, 0.15) is 6.04 Å². The monoisotopic (exact) mass is 217 g/mol. The first-order chi connectivity index (χ1) is 6.87. The second-order valence-corrected chi connectivity index (χ2v) is 4.28. The zero-order valence-electron chi connectivity index (χ0n) is 9.45. The Morgan fingerprint density at radius 1 is 1.53 bits per heavy atom. The minimum atomic E-state index is -1.02. The molecule has 0 spiro atoms. The largest absolute Gasteiger partial charge is 0.480 e. The van der Waals surface area contributed by atoms with Gasteiger partial charge in [-0.2, -0.15) is 0 Å². The molecule has 0 radical (unpaired) electrons. The number of hydrogen-bond donors (Lipinski definition) is 2. The topological polar surface area (TPSA) is 75.6 Å². The number of carbonyl (C=O) groups excluding carboxylic acids is 1. The van der Waals surface area contributed by atoms with Crippen molar-refractivity contribution in [3.63, 3.8) is 0 Å². The van der Waals surface area contributed by atoms with Gasteiger partial charge in [-0.25, -0.2) is 4.79 Å². The van der Waals surface area contributed by atoms with Crippen LogP contribution >= 0.6 is 0 Å². The van der Waals surface area contributed by atoms with Crippen molar-refractivity contribution < 1.29 is 19.4 Å². The van der Waals surface area contributed by atoms with Crippen LogP contribution in [0.3, 0.4) is 0 Å². The van der Waals surface area contributed by atoms with Crippen molar-refractivity contribution in [1.82, 2.24) is 5.32 Å². The fourth-order valence-electron chi connectivity index (χ4n) is 1.03. The van der Waals surface area contributed by atoms with Gasteiger partial charge in [-0.1, -0.05) is 0 Å². The number of hydrogen-bond acceptors (Lipinski definition) is 3. The number of rotatable bonds is 7. The lowest BCUT2D eigenvalue weighted by atomic mass is 10.1. The van der Waals surface area contributed by atoms with Gasteiger partial charge in [0.2, 0.25) is 6.41 Å². The van der Waals surface area contributed by atoms with E-state index in [-0.39, 0.29) is 5.60 Å². The summed E-state index contributed by atoms with van der Waals surface area (Å²) in [4.78, 5) is 20.7. The summed E-state index contributed by atoms with van der Waals surface area (Å²) in [6.45, 7) is 6.30. The molecule has 1 amide bonds. The Hall–Kier alpha value is -1.10. The maximum atomic E-state index is 10.6. The molecular formula is C10H19NO4. The van der Waals surface area contributed by atoms with E-state index in [9.17, 15) is 9.59 Å². The SMILES string of the molecule is CC(C)(C)OCCCC(NC=O)C(=O)O. The highest BCUT2D eigenvalue weighted by Gasteiger charge is 2.16. The second kappa shape index (κ2) is 6.40. The quantitative estimate of drug-likeness (QED) is 0.488. The van der Waals surface area contributed by atoms with Crippen LogP contribution in [0.15, 0.2) is 0 Å². The van der Waals surface area contributed by atoms with Crippen molar-refractivity contribution >= 4 is 12.4 Å². The normalized spacial score (nSPS) is 13.3. The summed E-state index contributed by atoms with van der Waals surface area (Å²) in [5.41, 5.74) is -0.212. The van der Waals surface area contributed by atoms with Gasteiger partial charge in [-0.05, 0) is 33.6 Å². The van der Waals surface area contributed by atoms with Gasteiger partial charge in [-0.3, -0.25) is 4.79 Å². The number of aliphatic carboxylic acids is 1. The summed E-state index contributed by atoms with van der Waals surface area (Å²) in [7, 11) is 0. The van der Waals surface area contributed by atoms with Crippen LogP contribution in [-0.4, -0.2) is 35.7 Å². The van der Waals surface area contributed by atoms with Crippen molar-refractivity contribution in [3.8, 4) is 0 Å². The molecule has 0 aromatic carbocycles. The third kappa shape index (κ3) is 7.93. The lowest BCUT2D eigenvalue weighted by Gasteiger charge is -2.20. The summed E-state index contributed by atoms with van der Waals surface area (Å²) < 4.78 is 5.43. The molecule has 0 rings (SSSR count). The first-order valence-corrected chi connectivity index (χ1v) is 4.93. The van der Waals surface area contributed by atoms with Gasteiger partial charge < -0.3 is 15.2 Å². The molecule has 0 heterocycles. The van der Waals surface area contributed by atoms with Gasteiger partial charge >= 0.3 is 5.97 Å². The third-order valence-electron chi connectivity index (χ3n) is 1.74. The molecule has 0 bridgehead atoms. The second-order valence-electron chi connectivity index (χ2n) is 4.28.